The quantitative estimate of drug-likeness (QED) is 0.263. The Kier molecular flexibility index (Phi) is 10.3. The van der Waals surface area contributed by atoms with Crippen LogP contribution >= 0.6 is 0 Å². The molecule has 0 fully saturated rings. The van der Waals surface area contributed by atoms with Crippen molar-refractivity contribution >= 4 is 11.4 Å². The fourth-order valence-corrected chi connectivity index (χ4v) is 4.10. The summed E-state index contributed by atoms with van der Waals surface area (Å²) in [4.78, 5) is 0. The molecule has 2 aromatic carbocycles. The minimum atomic E-state index is 0.564. The SMILES string of the molecule is CCCOc1cc2c(cc1C(C)=NO)CCCO2.CCCOc1cc2c(cc1C(C)=NO)CCCO2. The second kappa shape index (κ2) is 13.6. The first-order chi connectivity index (χ1) is 17.5. The maximum atomic E-state index is 8.94. The van der Waals surface area contributed by atoms with Crippen molar-refractivity contribution in [3.8, 4) is 23.0 Å². The van der Waals surface area contributed by atoms with E-state index >= 15 is 0 Å². The number of nitrogens with zero attached hydrogens (tertiary/aromatic N) is 2. The fraction of sp³-hybridized carbons (Fsp3) is 0.500. The second-order valence-electron chi connectivity index (χ2n) is 8.88. The molecule has 0 aliphatic carbocycles. The number of ether oxygens (including phenoxy) is 4. The summed E-state index contributed by atoms with van der Waals surface area (Å²) in [7, 11) is 0. The molecule has 4 rings (SSSR count). The van der Waals surface area contributed by atoms with Gasteiger partial charge in [-0.25, -0.2) is 0 Å². The molecule has 8 heteroatoms. The van der Waals surface area contributed by atoms with Crippen LogP contribution in [0.15, 0.2) is 34.6 Å². The summed E-state index contributed by atoms with van der Waals surface area (Å²) in [6, 6.07) is 7.84. The van der Waals surface area contributed by atoms with Crippen LogP contribution in [0.4, 0.5) is 0 Å². The van der Waals surface area contributed by atoms with E-state index in [1.165, 1.54) is 0 Å². The number of aryl methyl sites for hydroxylation is 2. The normalized spacial score (nSPS) is 14.9. The second-order valence-corrected chi connectivity index (χ2v) is 8.88. The molecule has 196 valence electrons. The third-order valence-corrected chi connectivity index (χ3v) is 6.02. The van der Waals surface area contributed by atoms with Gasteiger partial charge in [-0.2, -0.15) is 0 Å². The lowest BCUT2D eigenvalue weighted by atomic mass is 10.0. The maximum absolute atomic E-state index is 8.94. The first-order valence-corrected chi connectivity index (χ1v) is 12.7. The average Bonchev–Trinajstić information content (AvgIpc) is 2.93. The number of hydrogen-bond acceptors (Lipinski definition) is 8. The highest BCUT2D eigenvalue weighted by Gasteiger charge is 2.18. The third kappa shape index (κ3) is 6.83. The fourth-order valence-electron chi connectivity index (χ4n) is 4.10. The van der Waals surface area contributed by atoms with Crippen LogP contribution in [0.5, 0.6) is 23.0 Å². The van der Waals surface area contributed by atoms with Crippen molar-refractivity contribution in [2.75, 3.05) is 26.4 Å². The zero-order chi connectivity index (χ0) is 25.9. The van der Waals surface area contributed by atoms with Crippen LogP contribution in [-0.2, 0) is 12.8 Å². The molecular formula is C28H38N2O6. The van der Waals surface area contributed by atoms with Crippen molar-refractivity contribution in [3.05, 3.63) is 46.5 Å². The first-order valence-electron chi connectivity index (χ1n) is 12.7. The van der Waals surface area contributed by atoms with Gasteiger partial charge in [0.1, 0.15) is 23.0 Å². The van der Waals surface area contributed by atoms with Crippen molar-refractivity contribution in [2.45, 2.75) is 66.2 Å². The van der Waals surface area contributed by atoms with Crippen molar-refractivity contribution in [3.63, 3.8) is 0 Å². The van der Waals surface area contributed by atoms with Gasteiger partial charge in [-0.15, -0.1) is 0 Å². The smallest absolute Gasteiger partial charge is 0.132 e. The van der Waals surface area contributed by atoms with Gasteiger partial charge in [0.25, 0.3) is 0 Å². The summed E-state index contributed by atoms with van der Waals surface area (Å²) in [6.45, 7) is 10.5. The molecule has 2 N–H and O–H groups in total. The number of hydrogen-bond donors (Lipinski definition) is 2. The zero-order valence-corrected chi connectivity index (χ0v) is 21.8. The zero-order valence-electron chi connectivity index (χ0n) is 21.8. The molecule has 0 unspecified atom stereocenters. The van der Waals surface area contributed by atoms with Crippen molar-refractivity contribution < 1.29 is 29.4 Å². The van der Waals surface area contributed by atoms with Crippen molar-refractivity contribution in [2.24, 2.45) is 10.3 Å². The molecule has 0 amide bonds. The van der Waals surface area contributed by atoms with Crippen LogP contribution in [0.1, 0.15) is 75.6 Å². The van der Waals surface area contributed by atoms with Gasteiger partial charge in [0.15, 0.2) is 0 Å². The minimum absolute atomic E-state index is 0.564. The molecule has 2 heterocycles. The first kappa shape index (κ1) is 27.2. The molecule has 0 aromatic heterocycles. The Hall–Kier alpha value is -3.42. The van der Waals surface area contributed by atoms with Gasteiger partial charge < -0.3 is 29.4 Å². The molecule has 0 atom stereocenters. The van der Waals surface area contributed by atoms with Crippen LogP contribution in [0, 0.1) is 0 Å². The van der Waals surface area contributed by atoms with E-state index in [1.807, 2.05) is 24.3 Å². The topological polar surface area (TPSA) is 102 Å². The predicted molar refractivity (Wildman–Crippen MR) is 140 cm³/mol. The monoisotopic (exact) mass is 498 g/mol. The molecule has 0 saturated heterocycles. The molecule has 0 saturated carbocycles. The molecule has 2 aliphatic rings. The van der Waals surface area contributed by atoms with E-state index in [0.29, 0.717) is 24.6 Å². The highest BCUT2D eigenvalue weighted by molar-refractivity contribution is 6.01. The van der Waals surface area contributed by atoms with E-state index in [1.54, 1.807) is 13.8 Å². The Morgan fingerprint density at radius 2 is 1.17 bits per heavy atom. The van der Waals surface area contributed by atoms with Gasteiger partial charge in [-0.05, 0) is 75.6 Å². The number of fused-ring (bicyclic) bond motifs is 2. The van der Waals surface area contributed by atoms with Gasteiger partial charge in [-0.3, -0.25) is 0 Å². The molecule has 36 heavy (non-hydrogen) atoms. The Labute approximate surface area is 213 Å². The van der Waals surface area contributed by atoms with Crippen molar-refractivity contribution in [1.29, 1.82) is 0 Å². The molecule has 8 nitrogen and oxygen atoms in total. The van der Waals surface area contributed by atoms with Gasteiger partial charge in [-0.1, -0.05) is 24.2 Å². The maximum Gasteiger partial charge on any atom is 0.132 e. The number of benzene rings is 2. The number of rotatable bonds is 8. The van der Waals surface area contributed by atoms with Crippen LogP contribution in [0.25, 0.3) is 0 Å². The lowest BCUT2D eigenvalue weighted by Gasteiger charge is -2.20. The van der Waals surface area contributed by atoms with E-state index in [2.05, 4.69) is 24.2 Å². The summed E-state index contributed by atoms with van der Waals surface area (Å²) < 4.78 is 22.7. The molecule has 2 aromatic rings. The molecule has 0 radical (unpaired) electrons. The Morgan fingerprint density at radius 1 is 0.750 bits per heavy atom. The van der Waals surface area contributed by atoms with Crippen molar-refractivity contribution in [1.82, 2.24) is 0 Å². The Bertz CT molecular complexity index is 995. The summed E-state index contributed by atoms with van der Waals surface area (Å²) in [6.07, 6.45) is 5.91. The van der Waals surface area contributed by atoms with Gasteiger partial charge in [0, 0.05) is 23.3 Å². The summed E-state index contributed by atoms with van der Waals surface area (Å²) in [5.74, 6) is 3.24. The molecule has 2 aliphatic heterocycles. The van der Waals surface area contributed by atoms with Gasteiger partial charge in [0.2, 0.25) is 0 Å². The summed E-state index contributed by atoms with van der Waals surface area (Å²) in [5.41, 5.74) is 5.13. The van der Waals surface area contributed by atoms with Crippen LogP contribution in [0.3, 0.4) is 0 Å². The third-order valence-electron chi connectivity index (χ3n) is 6.02. The van der Waals surface area contributed by atoms with Crippen LogP contribution in [0.2, 0.25) is 0 Å². The number of oxime groups is 2. The average molecular weight is 499 g/mol. The summed E-state index contributed by atoms with van der Waals surface area (Å²) in [5, 5.41) is 24.4. The van der Waals surface area contributed by atoms with Crippen LogP contribution in [-0.4, -0.2) is 48.3 Å². The molecular weight excluding hydrogens is 460 g/mol. The highest BCUT2D eigenvalue weighted by Crippen LogP contribution is 2.34. The predicted octanol–water partition coefficient (Wildman–Crippen LogP) is 6.00. The Balaban J connectivity index is 0.000000201. The summed E-state index contributed by atoms with van der Waals surface area (Å²) >= 11 is 0. The van der Waals surface area contributed by atoms with E-state index in [0.717, 1.165) is 97.0 Å². The van der Waals surface area contributed by atoms with E-state index in [9.17, 15) is 0 Å². The molecule has 0 spiro atoms. The molecule has 0 bridgehead atoms. The van der Waals surface area contributed by atoms with E-state index in [4.69, 9.17) is 29.4 Å². The van der Waals surface area contributed by atoms with Gasteiger partial charge >= 0.3 is 0 Å². The van der Waals surface area contributed by atoms with E-state index in [-0.39, 0.29) is 0 Å². The Morgan fingerprint density at radius 3 is 1.53 bits per heavy atom. The highest BCUT2D eigenvalue weighted by atomic mass is 16.5. The van der Waals surface area contributed by atoms with Gasteiger partial charge in [0.05, 0.1) is 37.9 Å². The minimum Gasteiger partial charge on any atom is -0.493 e. The largest absolute Gasteiger partial charge is 0.493 e. The standard InChI is InChI=1S/2C14H19NO3/c2*1-3-6-17-14-9-13-11(5-4-7-18-13)8-12(14)10(2)15-16/h2*8-9,16H,3-7H2,1-2H3. The lowest BCUT2D eigenvalue weighted by molar-refractivity contribution is 0.280. The lowest BCUT2D eigenvalue weighted by Crippen LogP contribution is -2.11. The van der Waals surface area contributed by atoms with E-state index < -0.39 is 0 Å². The van der Waals surface area contributed by atoms with Crippen LogP contribution < -0.4 is 18.9 Å².